The molecule has 1 nitrogen and oxygen atoms in total. The molecule has 1 fully saturated rings. The number of halogens is 1. The van der Waals surface area contributed by atoms with Gasteiger partial charge in [-0.05, 0) is 55.2 Å². The van der Waals surface area contributed by atoms with Gasteiger partial charge in [-0.15, -0.1) is 0 Å². The van der Waals surface area contributed by atoms with E-state index in [9.17, 15) is 9.50 Å². The molecule has 0 bridgehead atoms. The van der Waals surface area contributed by atoms with Crippen LogP contribution in [0.4, 0.5) is 4.39 Å². The van der Waals surface area contributed by atoms with Crippen LogP contribution in [0.2, 0.25) is 0 Å². The first-order valence-corrected chi connectivity index (χ1v) is 6.50. The molecular weight excluding hydrogens is 215 g/mol. The Labute approximate surface area is 103 Å². The van der Waals surface area contributed by atoms with Crippen LogP contribution in [0.3, 0.4) is 0 Å². The molecule has 0 unspecified atom stereocenters. The van der Waals surface area contributed by atoms with Crippen LogP contribution in [0.15, 0.2) is 24.3 Å². The molecule has 2 heteroatoms. The first kappa shape index (κ1) is 12.6. The van der Waals surface area contributed by atoms with Crippen molar-refractivity contribution in [2.24, 2.45) is 11.8 Å². The number of hydrogen-bond donors (Lipinski definition) is 1. The minimum Gasteiger partial charge on any atom is -0.385 e. The van der Waals surface area contributed by atoms with E-state index in [2.05, 4.69) is 13.8 Å². The van der Waals surface area contributed by atoms with Crippen LogP contribution in [0.5, 0.6) is 0 Å². The lowest BCUT2D eigenvalue weighted by Gasteiger charge is -2.37. The summed E-state index contributed by atoms with van der Waals surface area (Å²) in [4.78, 5) is 0. The Balaban J connectivity index is 2.09. The zero-order valence-corrected chi connectivity index (χ0v) is 10.6. The first-order chi connectivity index (χ1) is 8.01. The van der Waals surface area contributed by atoms with E-state index in [1.807, 2.05) is 0 Å². The molecule has 1 aromatic carbocycles. The number of benzene rings is 1. The fraction of sp³-hybridized carbons (Fsp3) is 0.600. The molecule has 94 valence electrons. The molecule has 17 heavy (non-hydrogen) atoms. The van der Waals surface area contributed by atoms with E-state index in [0.29, 0.717) is 5.92 Å². The summed E-state index contributed by atoms with van der Waals surface area (Å²) in [5, 5.41) is 10.6. The van der Waals surface area contributed by atoms with Crippen LogP contribution in [0.25, 0.3) is 0 Å². The minimum absolute atomic E-state index is 0.242. The standard InChI is InChI=1S/C15H21FO/c1-11(2)12-7-9-15(17,10-8-12)13-3-5-14(16)6-4-13/h3-6,11-12,17H,7-10H2,1-2H3. The highest BCUT2D eigenvalue weighted by Gasteiger charge is 2.35. The topological polar surface area (TPSA) is 20.2 Å². The first-order valence-electron chi connectivity index (χ1n) is 6.50. The highest BCUT2D eigenvalue weighted by molar-refractivity contribution is 5.23. The van der Waals surface area contributed by atoms with Crippen molar-refractivity contribution in [3.8, 4) is 0 Å². The Bertz CT molecular complexity index is 361. The third kappa shape index (κ3) is 2.68. The van der Waals surface area contributed by atoms with Crippen molar-refractivity contribution in [1.29, 1.82) is 0 Å². The maximum Gasteiger partial charge on any atom is 0.123 e. The summed E-state index contributed by atoms with van der Waals surface area (Å²) in [6, 6.07) is 6.29. The van der Waals surface area contributed by atoms with Gasteiger partial charge in [0.1, 0.15) is 5.82 Å². The van der Waals surface area contributed by atoms with E-state index in [-0.39, 0.29) is 5.82 Å². The van der Waals surface area contributed by atoms with Crippen LogP contribution in [0.1, 0.15) is 45.1 Å². The van der Waals surface area contributed by atoms with Crippen LogP contribution >= 0.6 is 0 Å². The van der Waals surface area contributed by atoms with Gasteiger partial charge < -0.3 is 5.11 Å². The molecule has 0 spiro atoms. The molecule has 0 atom stereocenters. The predicted octanol–water partition coefficient (Wildman–Crippen LogP) is 3.86. The third-order valence-corrected chi connectivity index (χ3v) is 4.18. The van der Waals surface area contributed by atoms with Crippen molar-refractivity contribution in [3.05, 3.63) is 35.6 Å². The predicted molar refractivity (Wildman–Crippen MR) is 67.1 cm³/mol. The van der Waals surface area contributed by atoms with Crippen molar-refractivity contribution in [2.45, 2.75) is 45.1 Å². The minimum atomic E-state index is -0.737. The molecule has 1 N–H and O–H groups in total. The van der Waals surface area contributed by atoms with Crippen LogP contribution < -0.4 is 0 Å². The van der Waals surface area contributed by atoms with Gasteiger partial charge in [-0.3, -0.25) is 0 Å². The molecule has 0 aromatic heterocycles. The van der Waals surface area contributed by atoms with Gasteiger partial charge in [0.05, 0.1) is 5.60 Å². The van der Waals surface area contributed by atoms with Crippen LogP contribution in [-0.2, 0) is 5.60 Å². The lowest BCUT2D eigenvalue weighted by atomic mass is 9.72. The van der Waals surface area contributed by atoms with Gasteiger partial charge in [-0.1, -0.05) is 26.0 Å². The molecule has 0 aliphatic heterocycles. The van der Waals surface area contributed by atoms with E-state index in [4.69, 9.17) is 0 Å². The third-order valence-electron chi connectivity index (χ3n) is 4.18. The normalized spacial score (nSPS) is 29.6. The smallest absolute Gasteiger partial charge is 0.123 e. The van der Waals surface area contributed by atoms with Gasteiger partial charge in [-0.2, -0.15) is 0 Å². The van der Waals surface area contributed by atoms with E-state index in [1.54, 1.807) is 12.1 Å². The van der Waals surface area contributed by atoms with Gasteiger partial charge in [-0.25, -0.2) is 4.39 Å². The van der Waals surface area contributed by atoms with Crippen molar-refractivity contribution in [1.82, 2.24) is 0 Å². The number of rotatable bonds is 2. The molecule has 2 rings (SSSR count). The molecular formula is C15H21FO. The summed E-state index contributed by atoms with van der Waals surface area (Å²) < 4.78 is 12.9. The van der Waals surface area contributed by atoms with Crippen molar-refractivity contribution < 1.29 is 9.50 Å². The SMILES string of the molecule is CC(C)C1CCC(O)(c2ccc(F)cc2)CC1. The maximum atomic E-state index is 12.9. The largest absolute Gasteiger partial charge is 0.385 e. The highest BCUT2D eigenvalue weighted by Crippen LogP contribution is 2.41. The fourth-order valence-corrected chi connectivity index (χ4v) is 2.83. The molecule has 0 heterocycles. The summed E-state index contributed by atoms with van der Waals surface area (Å²) in [6.45, 7) is 4.49. The second kappa shape index (κ2) is 4.77. The fourth-order valence-electron chi connectivity index (χ4n) is 2.83. The monoisotopic (exact) mass is 236 g/mol. The lowest BCUT2D eigenvalue weighted by Crippen LogP contribution is -2.32. The highest BCUT2D eigenvalue weighted by atomic mass is 19.1. The molecule has 1 aliphatic carbocycles. The van der Waals surface area contributed by atoms with Gasteiger partial charge in [0.2, 0.25) is 0 Å². The second-order valence-corrected chi connectivity index (χ2v) is 5.62. The average molecular weight is 236 g/mol. The Morgan fingerprint density at radius 2 is 1.71 bits per heavy atom. The van der Waals surface area contributed by atoms with Gasteiger partial charge in [0, 0.05) is 0 Å². The lowest BCUT2D eigenvalue weighted by molar-refractivity contribution is -0.0200. The Hall–Kier alpha value is -0.890. The zero-order chi connectivity index (χ0) is 12.5. The maximum absolute atomic E-state index is 12.9. The second-order valence-electron chi connectivity index (χ2n) is 5.62. The summed E-state index contributed by atoms with van der Waals surface area (Å²) in [5.41, 5.74) is 0.125. The van der Waals surface area contributed by atoms with Crippen LogP contribution in [-0.4, -0.2) is 5.11 Å². The molecule has 1 saturated carbocycles. The Morgan fingerprint density at radius 3 is 2.18 bits per heavy atom. The van der Waals surface area contributed by atoms with E-state index >= 15 is 0 Å². The molecule has 1 aliphatic rings. The van der Waals surface area contributed by atoms with E-state index < -0.39 is 5.60 Å². The Kier molecular flexibility index (Phi) is 3.53. The number of aliphatic hydroxyl groups is 1. The molecule has 0 radical (unpaired) electrons. The van der Waals surface area contributed by atoms with Gasteiger partial charge in [0.25, 0.3) is 0 Å². The van der Waals surface area contributed by atoms with E-state index in [0.717, 1.165) is 37.2 Å². The van der Waals surface area contributed by atoms with Gasteiger partial charge in [0.15, 0.2) is 0 Å². The average Bonchev–Trinajstić information content (AvgIpc) is 2.30. The van der Waals surface area contributed by atoms with Crippen molar-refractivity contribution in [2.75, 3.05) is 0 Å². The summed E-state index contributed by atoms with van der Waals surface area (Å²) in [7, 11) is 0. The Morgan fingerprint density at radius 1 is 1.18 bits per heavy atom. The summed E-state index contributed by atoms with van der Waals surface area (Å²) in [5.74, 6) is 1.16. The quantitative estimate of drug-likeness (QED) is 0.826. The van der Waals surface area contributed by atoms with E-state index in [1.165, 1.54) is 12.1 Å². The molecule has 0 amide bonds. The molecule has 0 saturated heterocycles. The summed E-state index contributed by atoms with van der Waals surface area (Å²) >= 11 is 0. The van der Waals surface area contributed by atoms with Crippen molar-refractivity contribution >= 4 is 0 Å². The molecule has 1 aromatic rings. The van der Waals surface area contributed by atoms with Gasteiger partial charge >= 0.3 is 0 Å². The zero-order valence-electron chi connectivity index (χ0n) is 10.6. The number of hydrogen-bond acceptors (Lipinski definition) is 1. The van der Waals surface area contributed by atoms with Crippen molar-refractivity contribution in [3.63, 3.8) is 0 Å². The van der Waals surface area contributed by atoms with Crippen LogP contribution in [0, 0.1) is 17.7 Å². The summed E-state index contributed by atoms with van der Waals surface area (Å²) in [6.07, 6.45) is 3.71.